The molecule has 0 aromatic heterocycles. The summed E-state index contributed by atoms with van der Waals surface area (Å²) in [7, 11) is 0. The van der Waals surface area contributed by atoms with Crippen molar-refractivity contribution in [2.24, 2.45) is 11.7 Å². The summed E-state index contributed by atoms with van der Waals surface area (Å²) in [5, 5.41) is 0. The summed E-state index contributed by atoms with van der Waals surface area (Å²) in [5.74, 6) is 2.05. The molecule has 2 N–H and O–H groups in total. The molecular weight excluding hydrogens is 194 g/mol. The van der Waals surface area contributed by atoms with Gasteiger partial charge in [0.25, 0.3) is 0 Å². The third-order valence-electron chi connectivity index (χ3n) is 3.99. The van der Waals surface area contributed by atoms with Crippen molar-refractivity contribution in [2.45, 2.75) is 44.9 Å². The Morgan fingerprint density at radius 1 is 1.19 bits per heavy atom. The third kappa shape index (κ3) is 2.30. The number of benzene rings is 1. The van der Waals surface area contributed by atoms with Crippen LogP contribution in [0.3, 0.4) is 0 Å². The molecule has 0 amide bonds. The summed E-state index contributed by atoms with van der Waals surface area (Å²) in [6.07, 6.45) is 3.98. The Labute approximate surface area is 99.0 Å². The quantitative estimate of drug-likeness (QED) is 0.821. The van der Waals surface area contributed by atoms with E-state index in [0.717, 1.165) is 6.54 Å². The van der Waals surface area contributed by atoms with Gasteiger partial charge in [0.2, 0.25) is 0 Å². The fourth-order valence-electron chi connectivity index (χ4n) is 2.89. The monoisotopic (exact) mass is 217 g/mol. The highest BCUT2D eigenvalue weighted by molar-refractivity contribution is 5.28. The predicted molar refractivity (Wildman–Crippen MR) is 69.7 cm³/mol. The largest absolute Gasteiger partial charge is 0.330 e. The zero-order valence-corrected chi connectivity index (χ0v) is 10.4. The molecule has 16 heavy (non-hydrogen) atoms. The number of rotatable bonds is 3. The average molecular weight is 217 g/mol. The molecule has 1 aliphatic rings. The lowest BCUT2D eigenvalue weighted by atomic mass is 9.88. The molecule has 0 saturated heterocycles. The van der Waals surface area contributed by atoms with Gasteiger partial charge in [0.1, 0.15) is 0 Å². The minimum Gasteiger partial charge on any atom is -0.330 e. The summed E-state index contributed by atoms with van der Waals surface area (Å²) in [4.78, 5) is 0. The van der Waals surface area contributed by atoms with Crippen molar-refractivity contribution in [1.82, 2.24) is 0 Å². The van der Waals surface area contributed by atoms with E-state index in [-0.39, 0.29) is 0 Å². The molecule has 0 spiro atoms. The first-order valence-corrected chi connectivity index (χ1v) is 6.52. The molecule has 1 fully saturated rings. The number of hydrogen-bond acceptors (Lipinski definition) is 1. The van der Waals surface area contributed by atoms with Gasteiger partial charge in [-0.3, -0.25) is 0 Å². The van der Waals surface area contributed by atoms with E-state index in [1.165, 1.54) is 30.4 Å². The number of hydrogen-bond donors (Lipinski definition) is 1. The van der Waals surface area contributed by atoms with Crippen LogP contribution >= 0.6 is 0 Å². The van der Waals surface area contributed by atoms with Crippen LogP contribution in [0.2, 0.25) is 0 Å². The van der Waals surface area contributed by atoms with Crippen molar-refractivity contribution < 1.29 is 0 Å². The predicted octanol–water partition coefficient (Wildman–Crippen LogP) is 3.65. The van der Waals surface area contributed by atoms with Crippen LogP contribution in [-0.2, 0) is 0 Å². The molecule has 1 nitrogen and oxygen atoms in total. The molecule has 1 aliphatic carbocycles. The van der Waals surface area contributed by atoms with Crippen molar-refractivity contribution in [1.29, 1.82) is 0 Å². The van der Waals surface area contributed by atoms with Crippen LogP contribution in [0, 0.1) is 5.92 Å². The summed E-state index contributed by atoms with van der Waals surface area (Å²) in [6.45, 7) is 5.33. The van der Waals surface area contributed by atoms with E-state index >= 15 is 0 Å². The van der Waals surface area contributed by atoms with E-state index in [1.807, 2.05) is 0 Å². The molecule has 1 saturated carbocycles. The first-order chi connectivity index (χ1) is 7.72. The number of nitrogens with two attached hydrogens (primary N) is 1. The van der Waals surface area contributed by atoms with Gasteiger partial charge >= 0.3 is 0 Å². The zero-order valence-electron chi connectivity index (χ0n) is 10.4. The molecule has 2 atom stereocenters. The lowest BCUT2D eigenvalue weighted by Gasteiger charge is -2.19. The lowest BCUT2D eigenvalue weighted by molar-refractivity contribution is 0.496. The molecule has 1 aromatic rings. The molecule has 2 unspecified atom stereocenters. The van der Waals surface area contributed by atoms with Crippen LogP contribution in [0.25, 0.3) is 0 Å². The van der Waals surface area contributed by atoms with Gasteiger partial charge in [-0.15, -0.1) is 0 Å². The van der Waals surface area contributed by atoms with Crippen LogP contribution in [0.1, 0.15) is 56.1 Å². The second-order valence-electron chi connectivity index (χ2n) is 5.35. The molecule has 88 valence electrons. The lowest BCUT2D eigenvalue weighted by Crippen LogP contribution is -2.17. The summed E-state index contributed by atoms with van der Waals surface area (Å²) in [6, 6.07) is 9.19. The molecule has 1 heteroatoms. The van der Waals surface area contributed by atoms with Crippen molar-refractivity contribution in [3.05, 3.63) is 35.4 Å². The van der Waals surface area contributed by atoms with Gasteiger partial charge in [0, 0.05) is 0 Å². The van der Waals surface area contributed by atoms with Crippen molar-refractivity contribution >= 4 is 0 Å². The van der Waals surface area contributed by atoms with Gasteiger partial charge in [-0.1, -0.05) is 44.5 Å². The molecule has 0 radical (unpaired) electrons. The molecule has 1 aromatic carbocycles. The minimum atomic E-state index is 0.628. The second-order valence-corrected chi connectivity index (χ2v) is 5.35. The maximum absolute atomic E-state index is 5.84. The molecule has 2 rings (SSSR count). The van der Waals surface area contributed by atoms with E-state index in [1.54, 1.807) is 0 Å². The fourth-order valence-corrected chi connectivity index (χ4v) is 2.89. The Kier molecular flexibility index (Phi) is 3.65. The van der Waals surface area contributed by atoms with E-state index in [2.05, 4.69) is 38.1 Å². The molecule has 0 bridgehead atoms. The third-order valence-corrected chi connectivity index (χ3v) is 3.99. The first-order valence-electron chi connectivity index (χ1n) is 6.52. The van der Waals surface area contributed by atoms with Gasteiger partial charge in [0.05, 0.1) is 0 Å². The summed E-state index contributed by atoms with van der Waals surface area (Å²) >= 11 is 0. The Hall–Kier alpha value is -0.820. The molecule has 0 aliphatic heterocycles. The van der Waals surface area contributed by atoms with Crippen LogP contribution in [-0.4, -0.2) is 6.54 Å². The minimum absolute atomic E-state index is 0.628. The Morgan fingerprint density at radius 2 is 1.88 bits per heavy atom. The van der Waals surface area contributed by atoms with Crippen molar-refractivity contribution in [3.8, 4) is 0 Å². The second kappa shape index (κ2) is 5.01. The smallest absolute Gasteiger partial charge is 0.00430 e. The Bertz CT molecular complexity index is 326. The van der Waals surface area contributed by atoms with E-state index < -0.39 is 0 Å². The van der Waals surface area contributed by atoms with Gasteiger partial charge in [-0.25, -0.2) is 0 Å². The van der Waals surface area contributed by atoms with Gasteiger partial charge in [-0.2, -0.15) is 0 Å². The van der Waals surface area contributed by atoms with Crippen LogP contribution in [0.5, 0.6) is 0 Å². The van der Waals surface area contributed by atoms with Crippen LogP contribution < -0.4 is 5.73 Å². The standard InChI is InChI=1S/C15H23N/c1-11(2)12-6-8-13(9-7-12)15-5-3-4-14(15)10-16/h6-9,11,14-15H,3-5,10,16H2,1-2H3. The van der Waals surface area contributed by atoms with Crippen molar-refractivity contribution in [2.75, 3.05) is 6.54 Å². The SMILES string of the molecule is CC(C)c1ccc(C2CCCC2CN)cc1. The van der Waals surface area contributed by atoms with Crippen molar-refractivity contribution in [3.63, 3.8) is 0 Å². The van der Waals surface area contributed by atoms with Crippen LogP contribution in [0.4, 0.5) is 0 Å². The summed E-state index contributed by atoms with van der Waals surface area (Å²) < 4.78 is 0. The highest BCUT2D eigenvalue weighted by Gasteiger charge is 2.27. The van der Waals surface area contributed by atoms with Gasteiger partial charge in [-0.05, 0) is 48.3 Å². The first kappa shape index (κ1) is 11.7. The van der Waals surface area contributed by atoms with E-state index in [4.69, 9.17) is 5.73 Å². The highest BCUT2D eigenvalue weighted by atomic mass is 14.6. The Balaban J connectivity index is 2.15. The van der Waals surface area contributed by atoms with E-state index in [9.17, 15) is 0 Å². The Morgan fingerprint density at radius 3 is 2.44 bits per heavy atom. The normalized spacial score (nSPS) is 25.2. The molecular formula is C15H23N. The maximum Gasteiger partial charge on any atom is -0.00430 e. The summed E-state index contributed by atoms with van der Waals surface area (Å²) in [5.41, 5.74) is 8.77. The van der Waals surface area contributed by atoms with Gasteiger partial charge < -0.3 is 5.73 Å². The molecule has 0 heterocycles. The highest BCUT2D eigenvalue weighted by Crippen LogP contribution is 2.39. The maximum atomic E-state index is 5.84. The van der Waals surface area contributed by atoms with Crippen LogP contribution in [0.15, 0.2) is 24.3 Å². The fraction of sp³-hybridized carbons (Fsp3) is 0.600. The van der Waals surface area contributed by atoms with E-state index in [0.29, 0.717) is 17.8 Å². The average Bonchev–Trinajstić information content (AvgIpc) is 2.77. The van der Waals surface area contributed by atoms with Gasteiger partial charge in [0.15, 0.2) is 0 Å². The zero-order chi connectivity index (χ0) is 11.5. The topological polar surface area (TPSA) is 26.0 Å².